The van der Waals surface area contributed by atoms with Gasteiger partial charge in [0.15, 0.2) is 0 Å². The first-order valence-corrected chi connectivity index (χ1v) is 6.14. The summed E-state index contributed by atoms with van der Waals surface area (Å²) in [5.74, 6) is 1.59. The molecule has 1 heterocycles. The average molecular weight is 196 g/mol. The molecule has 1 saturated heterocycles. The summed E-state index contributed by atoms with van der Waals surface area (Å²) in [4.78, 5) is 2.73. The van der Waals surface area contributed by atoms with Gasteiger partial charge < -0.3 is 5.73 Å². The Morgan fingerprint density at radius 3 is 2.43 bits per heavy atom. The van der Waals surface area contributed by atoms with E-state index in [1.165, 1.54) is 25.8 Å². The number of rotatable bonds is 3. The number of fused-ring (bicyclic) bond motifs is 2. The van der Waals surface area contributed by atoms with E-state index < -0.39 is 0 Å². The molecule has 1 saturated carbocycles. The highest BCUT2D eigenvalue weighted by Gasteiger charge is 2.45. The number of hydrogen-bond acceptors (Lipinski definition) is 2. The number of nitrogens with zero attached hydrogens (tertiary/aromatic N) is 1. The van der Waals surface area contributed by atoms with Crippen LogP contribution < -0.4 is 5.73 Å². The zero-order chi connectivity index (χ0) is 10.3. The maximum Gasteiger partial charge on any atom is 0.0119 e. The Morgan fingerprint density at radius 2 is 2.07 bits per heavy atom. The molecule has 14 heavy (non-hydrogen) atoms. The SMILES string of the molecule is CCC(C(C)C)N1C[C@H]2C[C@@H]1C[C@H]2N. The summed E-state index contributed by atoms with van der Waals surface area (Å²) in [5, 5.41) is 0. The van der Waals surface area contributed by atoms with Crippen LogP contribution in [0.1, 0.15) is 40.0 Å². The molecule has 2 fully saturated rings. The standard InChI is InChI=1S/C12H24N2/c1-4-12(8(2)3)14-7-9-5-10(14)6-11(9)13/h8-12H,4-7,13H2,1-3H3/t9-,10-,11-,12?/m1/s1. The van der Waals surface area contributed by atoms with Gasteiger partial charge in [-0.2, -0.15) is 0 Å². The smallest absolute Gasteiger partial charge is 0.0119 e. The Balaban J connectivity index is 2.01. The third kappa shape index (κ3) is 1.59. The van der Waals surface area contributed by atoms with E-state index in [1.54, 1.807) is 0 Å². The normalized spacial score (nSPS) is 39.6. The Bertz CT molecular complexity index is 200. The molecule has 2 heteroatoms. The van der Waals surface area contributed by atoms with E-state index in [2.05, 4.69) is 25.7 Å². The van der Waals surface area contributed by atoms with Gasteiger partial charge in [-0.3, -0.25) is 4.90 Å². The van der Waals surface area contributed by atoms with Crippen LogP contribution in [0.4, 0.5) is 0 Å². The maximum absolute atomic E-state index is 6.07. The molecule has 2 rings (SSSR count). The van der Waals surface area contributed by atoms with Crippen LogP contribution in [0.15, 0.2) is 0 Å². The Labute approximate surface area is 87.8 Å². The number of hydrogen-bond donors (Lipinski definition) is 1. The molecule has 82 valence electrons. The first kappa shape index (κ1) is 10.4. The predicted molar refractivity (Wildman–Crippen MR) is 60.1 cm³/mol. The van der Waals surface area contributed by atoms with Crippen molar-refractivity contribution in [3.05, 3.63) is 0 Å². The molecule has 4 atom stereocenters. The summed E-state index contributed by atoms with van der Waals surface area (Å²) < 4.78 is 0. The van der Waals surface area contributed by atoms with Gasteiger partial charge in [0.25, 0.3) is 0 Å². The van der Waals surface area contributed by atoms with Gasteiger partial charge in [0, 0.05) is 24.7 Å². The molecule has 2 bridgehead atoms. The molecular formula is C12H24N2. The van der Waals surface area contributed by atoms with Crippen molar-refractivity contribution >= 4 is 0 Å². The van der Waals surface area contributed by atoms with Gasteiger partial charge in [-0.25, -0.2) is 0 Å². The van der Waals surface area contributed by atoms with Crippen LogP contribution in [0.25, 0.3) is 0 Å². The lowest BCUT2D eigenvalue weighted by atomic mass is 9.96. The summed E-state index contributed by atoms with van der Waals surface area (Å²) in [5.41, 5.74) is 6.07. The van der Waals surface area contributed by atoms with Crippen LogP contribution in [-0.4, -0.2) is 29.6 Å². The van der Waals surface area contributed by atoms with Crippen molar-refractivity contribution in [3.8, 4) is 0 Å². The van der Waals surface area contributed by atoms with E-state index in [4.69, 9.17) is 5.73 Å². The highest BCUT2D eigenvalue weighted by molar-refractivity contribution is 5.01. The van der Waals surface area contributed by atoms with Crippen molar-refractivity contribution in [3.63, 3.8) is 0 Å². The van der Waals surface area contributed by atoms with E-state index in [1.807, 2.05) is 0 Å². The van der Waals surface area contributed by atoms with Crippen LogP contribution in [-0.2, 0) is 0 Å². The van der Waals surface area contributed by atoms with Gasteiger partial charge in [-0.1, -0.05) is 20.8 Å². The van der Waals surface area contributed by atoms with Gasteiger partial charge >= 0.3 is 0 Å². The minimum absolute atomic E-state index is 0.501. The second kappa shape index (κ2) is 3.82. The lowest BCUT2D eigenvalue weighted by Gasteiger charge is -2.38. The number of nitrogens with two attached hydrogens (primary N) is 1. The third-order valence-electron chi connectivity index (χ3n) is 4.25. The summed E-state index contributed by atoms with van der Waals surface area (Å²) in [6, 6.07) is 2.10. The topological polar surface area (TPSA) is 29.3 Å². The van der Waals surface area contributed by atoms with Gasteiger partial charge in [-0.05, 0) is 31.1 Å². The fourth-order valence-corrected chi connectivity index (χ4v) is 3.52. The van der Waals surface area contributed by atoms with Gasteiger partial charge in [-0.15, -0.1) is 0 Å². The Morgan fingerprint density at radius 1 is 1.36 bits per heavy atom. The summed E-state index contributed by atoms with van der Waals surface area (Å²) >= 11 is 0. The first-order valence-electron chi connectivity index (χ1n) is 6.14. The molecule has 0 amide bonds. The molecule has 0 aromatic heterocycles. The van der Waals surface area contributed by atoms with Crippen molar-refractivity contribution in [2.24, 2.45) is 17.6 Å². The lowest BCUT2D eigenvalue weighted by Crippen LogP contribution is -2.47. The molecule has 1 aliphatic heterocycles. The molecule has 2 N–H and O–H groups in total. The number of piperidine rings is 1. The van der Waals surface area contributed by atoms with Gasteiger partial charge in [0.2, 0.25) is 0 Å². The number of likely N-dealkylation sites (tertiary alicyclic amines) is 1. The van der Waals surface area contributed by atoms with Gasteiger partial charge in [0.1, 0.15) is 0 Å². The van der Waals surface area contributed by atoms with E-state index in [9.17, 15) is 0 Å². The Kier molecular flexibility index (Phi) is 2.85. The molecule has 0 radical (unpaired) electrons. The molecule has 2 aliphatic rings. The molecular weight excluding hydrogens is 172 g/mol. The van der Waals surface area contributed by atoms with E-state index in [0.29, 0.717) is 6.04 Å². The molecule has 0 spiro atoms. The highest BCUT2D eigenvalue weighted by atomic mass is 15.2. The van der Waals surface area contributed by atoms with Crippen LogP contribution in [0.3, 0.4) is 0 Å². The quantitative estimate of drug-likeness (QED) is 0.746. The zero-order valence-corrected chi connectivity index (χ0v) is 9.74. The second-order valence-electron chi connectivity index (χ2n) is 5.47. The first-order chi connectivity index (χ1) is 6.63. The summed E-state index contributed by atoms with van der Waals surface area (Å²) in [7, 11) is 0. The minimum Gasteiger partial charge on any atom is -0.327 e. The molecule has 0 aromatic rings. The average Bonchev–Trinajstić information content (AvgIpc) is 2.63. The van der Waals surface area contributed by atoms with Crippen molar-refractivity contribution in [2.45, 2.75) is 58.2 Å². The van der Waals surface area contributed by atoms with E-state index >= 15 is 0 Å². The van der Waals surface area contributed by atoms with Crippen LogP contribution >= 0.6 is 0 Å². The zero-order valence-electron chi connectivity index (χ0n) is 9.74. The van der Waals surface area contributed by atoms with Crippen molar-refractivity contribution in [1.82, 2.24) is 4.90 Å². The van der Waals surface area contributed by atoms with Crippen molar-refractivity contribution < 1.29 is 0 Å². The van der Waals surface area contributed by atoms with Crippen molar-refractivity contribution in [1.29, 1.82) is 0 Å². The fourth-order valence-electron chi connectivity index (χ4n) is 3.52. The third-order valence-corrected chi connectivity index (χ3v) is 4.25. The van der Waals surface area contributed by atoms with Gasteiger partial charge in [0.05, 0.1) is 0 Å². The monoisotopic (exact) mass is 196 g/mol. The Hall–Kier alpha value is -0.0800. The van der Waals surface area contributed by atoms with Crippen LogP contribution in [0, 0.1) is 11.8 Å². The summed E-state index contributed by atoms with van der Waals surface area (Å²) in [6.45, 7) is 8.28. The fraction of sp³-hybridized carbons (Fsp3) is 1.00. The minimum atomic E-state index is 0.501. The summed E-state index contributed by atoms with van der Waals surface area (Å²) in [6.07, 6.45) is 3.90. The molecule has 1 aliphatic carbocycles. The maximum atomic E-state index is 6.07. The van der Waals surface area contributed by atoms with E-state index in [0.717, 1.165) is 23.9 Å². The highest BCUT2D eigenvalue weighted by Crippen LogP contribution is 2.39. The largest absolute Gasteiger partial charge is 0.327 e. The van der Waals surface area contributed by atoms with E-state index in [-0.39, 0.29) is 0 Å². The predicted octanol–water partition coefficient (Wildman–Crippen LogP) is 1.84. The molecule has 2 nitrogen and oxygen atoms in total. The van der Waals surface area contributed by atoms with Crippen LogP contribution in [0.5, 0.6) is 0 Å². The lowest BCUT2D eigenvalue weighted by molar-refractivity contribution is 0.105. The second-order valence-corrected chi connectivity index (χ2v) is 5.47. The van der Waals surface area contributed by atoms with Crippen LogP contribution in [0.2, 0.25) is 0 Å². The van der Waals surface area contributed by atoms with Crippen molar-refractivity contribution in [2.75, 3.05) is 6.54 Å². The molecule has 0 aromatic carbocycles. The molecule has 1 unspecified atom stereocenters.